The SMILES string of the molecule is CC(C)C(=O)OC/C=C/c1ccc(O[C@H]2C[C@@H](O)C[C@@H](C(=O)O)O2)c(NC(=O)CCNC(=O)CN2C(=O)C=CC2=O)c1. The van der Waals surface area contributed by atoms with Crippen molar-refractivity contribution in [3.8, 4) is 5.75 Å². The molecule has 0 saturated carbocycles. The molecule has 3 atom stereocenters. The van der Waals surface area contributed by atoms with Crippen molar-refractivity contribution in [2.45, 2.75) is 51.6 Å². The third-order valence-corrected chi connectivity index (χ3v) is 6.06. The number of carboxylic acids is 1. The number of esters is 1. The number of nitrogens with zero attached hydrogens (tertiary/aromatic N) is 1. The highest BCUT2D eigenvalue weighted by Crippen LogP contribution is 2.31. The van der Waals surface area contributed by atoms with Crippen LogP contribution in [0.3, 0.4) is 0 Å². The predicted octanol–water partition coefficient (Wildman–Crippen LogP) is 0.598. The summed E-state index contributed by atoms with van der Waals surface area (Å²) < 4.78 is 16.4. The van der Waals surface area contributed by atoms with Crippen LogP contribution in [-0.2, 0) is 38.2 Å². The van der Waals surface area contributed by atoms with Gasteiger partial charge >= 0.3 is 11.9 Å². The lowest BCUT2D eigenvalue weighted by atomic mass is 10.1. The summed E-state index contributed by atoms with van der Waals surface area (Å²) in [5.74, 6) is -4.08. The zero-order chi connectivity index (χ0) is 30.8. The Hall–Kier alpha value is -4.56. The zero-order valence-corrected chi connectivity index (χ0v) is 23.1. The van der Waals surface area contributed by atoms with Gasteiger partial charge in [0.2, 0.25) is 18.1 Å². The second-order valence-electron chi connectivity index (χ2n) is 9.82. The highest BCUT2D eigenvalue weighted by molar-refractivity contribution is 6.14. The lowest BCUT2D eigenvalue weighted by Gasteiger charge is -2.31. The van der Waals surface area contributed by atoms with Gasteiger partial charge in [-0.05, 0) is 23.8 Å². The molecule has 1 fully saturated rings. The van der Waals surface area contributed by atoms with Gasteiger partial charge in [-0.3, -0.25) is 28.9 Å². The Balaban J connectivity index is 1.65. The summed E-state index contributed by atoms with van der Waals surface area (Å²) in [6.07, 6.45) is 1.79. The first-order valence-electron chi connectivity index (χ1n) is 13.2. The number of imide groups is 1. The molecule has 0 radical (unpaired) electrons. The fourth-order valence-electron chi connectivity index (χ4n) is 3.88. The van der Waals surface area contributed by atoms with Crippen LogP contribution in [-0.4, -0.2) is 88.9 Å². The van der Waals surface area contributed by atoms with E-state index in [4.69, 9.17) is 14.2 Å². The Morgan fingerprint density at radius 2 is 1.83 bits per heavy atom. The van der Waals surface area contributed by atoms with Gasteiger partial charge in [0.15, 0.2) is 6.10 Å². The van der Waals surface area contributed by atoms with E-state index >= 15 is 0 Å². The molecule has 226 valence electrons. The maximum Gasteiger partial charge on any atom is 0.333 e. The van der Waals surface area contributed by atoms with Crippen LogP contribution in [0.1, 0.15) is 38.7 Å². The van der Waals surface area contributed by atoms with Crippen LogP contribution in [0, 0.1) is 5.92 Å². The van der Waals surface area contributed by atoms with Crippen LogP contribution in [0.5, 0.6) is 5.75 Å². The van der Waals surface area contributed by atoms with E-state index in [1.54, 1.807) is 38.1 Å². The largest absolute Gasteiger partial charge is 0.479 e. The fraction of sp³-hybridized carbons (Fsp3) is 0.429. The molecule has 1 aromatic carbocycles. The van der Waals surface area contributed by atoms with Crippen LogP contribution < -0.4 is 15.4 Å². The minimum absolute atomic E-state index is 0.00359. The summed E-state index contributed by atoms with van der Waals surface area (Å²) in [6, 6.07) is 4.74. The molecule has 2 aliphatic rings. The molecule has 14 heteroatoms. The molecule has 0 aliphatic carbocycles. The summed E-state index contributed by atoms with van der Waals surface area (Å²) in [5.41, 5.74) is 0.802. The first kappa shape index (κ1) is 32.0. The highest BCUT2D eigenvalue weighted by Gasteiger charge is 2.34. The Labute approximate surface area is 241 Å². The molecule has 0 aromatic heterocycles. The maximum absolute atomic E-state index is 12.7. The number of nitrogens with one attached hydrogen (secondary N) is 2. The number of anilines is 1. The molecule has 0 bridgehead atoms. The Kier molecular flexibility index (Phi) is 11.3. The van der Waals surface area contributed by atoms with E-state index in [0.717, 1.165) is 17.1 Å². The number of amides is 4. The van der Waals surface area contributed by atoms with Crippen molar-refractivity contribution in [3.63, 3.8) is 0 Å². The van der Waals surface area contributed by atoms with Gasteiger partial charge in [-0.2, -0.15) is 0 Å². The van der Waals surface area contributed by atoms with Crippen molar-refractivity contribution in [1.82, 2.24) is 10.2 Å². The van der Waals surface area contributed by atoms with Crippen LogP contribution in [0.4, 0.5) is 5.69 Å². The second-order valence-corrected chi connectivity index (χ2v) is 9.82. The van der Waals surface area contributed by atoms with E-state index in [1.807, 2.05) is 0 Å². The molecular formula is C28H33N3O11. The van der Waals surface area contributed by atoms with Crippen LogP contribution in [0.15, 0.2) is 36.4 Å². The molecule has 0 spiro atoms. The third-order valence-electron chi connectivity index (χ3n) is 6.06. The number of carbonyl (C=O) groups is 6. The van der Waals surface area contributed by atoms with Crippen LogP contribution in [0.25, 0.3) is 6.08 Å². The van der Waals surface area contributed by atoms with Crippen molar-refractivity contribution in [3.05, 3.63) is 42.0 Å². The number of carboxylic acid groups (broad SMARTS) is 1. The van der Waals surface area contributed by atoms with Gasteiger partial charge in [-0.25, -0.2) is 4.79 Å². The molecule has 4 amide bonds. The molecule has 2 heterocycles. The van der Waals surface area contributed by atoms with E-state index in [2.05, 4.69) is 10.6 Å². The molecular weight excluding hydrogens is 554 g/mol. The molecule has 2 aliphatic heterocycles. The first-order chi connectivity index (χ1) is 19.9. The smallest absolute Gasteiger partial charge is 0.333 e. The number of rotatable bonds is 13. The fourth-order valence-corrected chi connectivity index (χ4v) is 3.88. The number of aliphatic carboxylic acids is 1. The van der Waals surface area contributed by atoms with Crippen LogP contribution >= 0.6 is 0 Å². The Morgan fingerprint density at radius 1 is 1.12 bits per heavy atom. The van der Waals surface area contributed by atoms with Gasteiger partial charge in [-0.1, -0.05) is 26.0 Å². The number of aliphatic hydroxyl groups is 1. The first-order valence-corrected chi connectivity index (χ1v) is 13.2. The lowest BCUT2D eigenvalue weighted by Crippen LogP contribution is -2.42. The second kappa shape index (κ2) is 14.9. The molecule has 0 unspecified atom stereocenters. The van der Waals surface area contributed by atoms with Crippen molar-refractivity contribution in [1.29, 1.82) is 0 Å². The molecule has 4 N–H and O–H groups in total. The minimum atomic E-state index is -1.27. The number of aliphatic hydroxyl groups excluding tert-OH is 1. The molecule has 14 nitrogen and oxygen atoms in total. The number of hydrogen-bond acceptors (Lipinski definition) is 10. The number of ether oxygens (including phenoxy) is 3. The van der Waals surface area contributed by atoms with Gasteiger partial charge in [0.05, 0.1) is 17.7 Å². The molecule has 42 heavy (non-hydrogen) atoms. The average Bonchev–Trinajstić information content (AvgIpc) is 3.23. The quantitative estimate of drug-likeness (QED) is 0.186. The minimum Gasteiger partial charge on any atom is -0.479 e. The predicted molar refractivity (Wildman–Crippen MR) is 146 cm³/mol. The summed E-state index contributed by atoms with van der Waals surface area (Å²) >= 11 is 0. The topological polar surface area (TPSA) is 198 Å². The lowest BCUT2D eigenvalue weighted by molar-refractivity contribution is -0.195. The van der Waals surface area contributed by atoms with Crippen molar-refractivity contribution < 1.29 is 53.2 Å². The third kappa shape index (κ3) is 9.52. The Morgan fingerprint density at radius 3 is 2.50 bits per heavy atom. The number of hydrogen-bond donors (Lipinski definition) is 4. The standard InChI is InChI=1S/C28H33N3O11/c1-16(2)28(39)40-11-3-4-17-5-6-20(41-26-14-18(32)13-21(42-26)27(37)38)19(12-17)30-22(33)9-10-29-23(34)15-31-24(35)7-8-25(31)36/h3-8,12,16,18,21,26,32H,9-11,13-15H2,1-2H3,(H,29,34)(H,30,33)(H,37,38)/b4-3+/t18-,21-,26+/m0/s1. The van der Waals surface area contributed by atoms with Gasteiger partial charge in [0.1, 0.15) is 18.9 Å². The number of carbonyl (C=O) groups excluding carboxylic acids is 5. The van der Waals surface area contributed by atoms with E-state index < -0.39 is 54.6 Å². The Bertz CT molecular complexity index is 1260. The summed E-state index contributed by atoms with van der Waals surface area (Å²) in [6.45, 7) is 2.89. The molecule has 1 saturated heterocycles. The molecule has 1 aromatic rings. The van der Waals surface area contributed by atoms with Gasteiger partial charge < -0.3 is 35.1 Å². The zero-order valence-electron chi connectivity index (χ0n) is 23.1. The highest BCUT2D eigenvalue weighted by atomic mass is 16.7. The van der Waals surface area contributed by atoms with Gasteiger partial charge in [-0.15, -0.1) is 0 Å². The van der Waals surface area contributed by atoms with E-state index in [1.165, 1.54) is 6.07 Å². The summed E-state index contributed by atoms with van der Waals surface area (Å²) in [7, 11) is 0. The monoisotopic (exact) mass is 587 g/mol. The maximum atomic E-state index is 12.7. The normalized spacial score (nSPS) is 20.2. The van der Waals surface area contributed by atoms with E-state index in [-0.39, 0.29) is 55.7 Å². The van der Waals surface area contributed by atoms with E-state index in [0.29, 0.717) is 5.56 Å². The van der Waals surface area contributed by atoms with Crippen LogP contribution in [0.2, 0.25) is 0 Å². The van der Waals surface area contributed by atoms with E-state index in [9.17, 15) is 39.0 Å². The average molecular weight is 588 g/mol. The van der Waals surface area contributed by atoms with Crippen molar-refractivity contribution in [2.24, 2.45) is 5.92 Å². The van der Waals surface area contributed by atoms with Crippen molar-refractivity contribution in [2.75, 3.05) is 25.0 Å². The van der Waals surface area contributed by atoms with Gasteiger partial charge in [0.25, 0.3) is 11.8 Å². The van der Waals surface area contributed by atoms with Crippen molar-refractivity contribution >= 4 is 47.3 Å². The van der Waals surface area contributed by atoms with Gasteiger partial charge in [0, 0.05) is 38.0 Å². The number of benzene rings is 1. The summed E-state index contributed by atoms with van der Waals surface area (Å²) in [5, 5.41) is 24.5. The molecule has 3 rings (SSSR count). The summed E-state index contributed by atoms with van der Waals surface area (Å²) in [4.78, 5) is 71.8.